The Balaban J connectivity index is 1.53. The number of esters is 2. The Bertz CT molecular complexity index is 999. The van der Waals surface area contributed by atoms with Gasteiger partial charge in [0.25, 0.3) is 0 Å². The molecule has 156 valence electrons. The van der Waals surface area contributed by atoms with E-state index in [-0.39, 0.29) is 36.6 Å². The Morgan fingerprint density at radius 3 is 2.67 bits per heavy atom. The molecule has 1 aliphatic heterocycles. The molecule has 1 heterocycles. The Labute approximate surface area is 173 Å². The maximum Gasteiger partial charge on any atom is 0.334 e. The van der Waals surface area contributed by atoms with Crippen LogP contribution in [0.5, 0.6) is 5.75 Å². The molecule has 0 bridgehead atoms. The molecule has 7 heteroatoms. The topological polar surface area (TPSA) is 110 Å². The third kappa shape index (κ3) is 3.45. The molecule has 2 N–H and O–H groups in total. The average Bonchev–Trinajstić information content (AvgIpc) is 3.14. The quantitative estimate of drug-likeness (QED) is 0.575. The fourth-order valence-electron chi connectivity index (χ4n) is 4.54. The van der Waals surface area contributed by atoms with Crippen LogP contribution in [0.2, 0.25) is 0 Å². The van der Waals surface area contributed by atoms with Crippen LogP contribution in [0.4, 0.5) is 0 Å². The number of fused-ring (bicyclic) bond motifs is 3. The zero-order chi connectivity index (χ0) is 21.6. The number of benzene rings is 1. The highest BCUT2D eigenvalue weighted by Crippen LogP contribution is 2.47. The van der Waals surface area contributed by atoms with Crippen molar-refractivity contribution in [2.75, 3.05) is 6.61 Å². The van der Waals surface area contributed by atoms with Gasteiger partial charge in [0.15, 0.2) is 5.78 Å². The van der Waals surface area contributed by atoms with E-state index >= 15 is 0 Å². The molecule has 0 spiro atoms. The lowest BCUT2D eigenvalue weighted by Gasteiger charge is -2.26. The molecule has 1 saturated heterocycles. The Hall–Kier alpha value is -3.19. The molecular formula is C23H22O7. The average molecular weight is 410 g/mol. The van der Waals surface area contributed by atoms with Gasteiger partial charge in [-0.1, -0.05) is 24.3 Å². The van der Waals surface area contributed by atoms with Crippen molar-refractivity contribution < 1.29 is 34.1 Å². The minimum atomic E-state index is -0.877. The first-order chi connectivity index (χ1) is 14.3. The molecule has 3 aliphatic rings. The number of phenols is 1. The van der Waals surface area contributed by atoms with Gasteiger partial charge in [-0.15, -0.1) is 0 Å². The van der Waals surface area contributed by atoms with Crippen LogP contribution in [-0.2, 0) is 30.3 Å². The molecule has 1 fully saturated rings. The summed E-state index contributed by atoms with van der Waals surface area (Å²) in [7, 11) is 0. The van der Waals surface area contributed by atoms with Crippen molar-refractivity contribution in [3.8, 4) is 5.75 Å². The number of ether oxygens (including phenoxy) is 2. The molecule has 7 nitrogen and oxygen atoms in total. The summed E-state index contributed by atoms with van der Waals surface area (Å²) in [5.74, 6) is -2.36. The molecule has 1 aromatic rings. The summed E-state index contributed by atoms with van der Waals surface area (Å²) < 4.78 is 10.9. The standard InChI is InChI=1S/C23H22O7/c1-11-7-16(25)20-12(2)23(28)30-22(20)21-14(9-17(26)19(11)21)10-29-18(27)8-13-3-5-15(24)6-4-13/h3-6,9,16,20-22,24-25H,2,7-8,10H2,1H3/t16-,20+,21+,22-/m0/s1. The van der Waals surface area contributed by atoms with E-state index in [1.807, 2.05) is 0 Å². The zero-order valence-corrected chi connectivity index (χ0v) is 16.5. The minimum absolute atomic E-state index is 0.0183. The third-order valence-electron chi connectivity index (χ3n) is 5.96. The maximum absolute atomic E-state index is 12.7. The highest BCUT2D eigenvalue weighted by Gasteiger charge is 2.53. The van der Waals surface area contributed by atoms with E-state index in [2.05, 4.69) is 6.58 Å². The van der Waals surface area contributed by atoms with Crippen molar-refractivity contribution >= 4 is 17.7 Å². The van der Waals surface area contributed by atoms with Gasteiger partial charge >= 0.3 is 11.9 Å². The number of aliphatic hydroxyl groups excluding tert-OH is 1. The van der Waals surface area contributed by atoms with E-state index in [1.165, 1.54) is 18.2 Å². The van der Waals surface area contributed by atoms with Crippen LogP contribution in [0, 0.1) is 11.8 Å². The summed E-state index contributed by atoms with van der Waals surface area (Å²) in [4.78, 5) is 37.0. The molecule has 30 heavy (non-hydrogen) atoms. The second-order valence-corrected chi connectivity index (χ2v) is 7.95. The van der Waals surface area contributed by atoms with Crippen LogP contribution in [0.1, 0.15) is 18.9 Å². The highest BCUT2D eigenvalue weighted by molar-refractivity contribution is 6.09. The van der Waals surface area contributed by atoms with Crippen LogP contribution >= 0.6 is 0 Å². The molecule has 0 saturated carbocycles. The molecule has 0 amide bonds. The van der Waals surface area contributed by atoms with E-state index in [0.717, 1.165) is 5.57 Å². The lowest BCUT2D eigenvalue weighted by Crippen LogP contribution is -2.34. The van der Waals surface area contributed by atoms with Gasteiger partial charge in [0.2, 0.25) is 0 Å². The van der Waals surface area contributed by atoms with Gasteiger partial charge in [-0.3, -0.25) is 9.59 Å². The monoisotopic (exact) mass is 410 g/mol. The molecule has 2 aliphatic carbocycles. The smallest absolute Gasteiger partial charge is 0.334 e. The zero-order valence-electron chi connectivity index (χ0n) is 16.5. The van der Waals surface area contributed by atoms with Crippen LogP contribution in [0.15, 0.2) is 59.2 Å². The van der Waals surface area contributed by atoms with Crippen LogP contribution in [0.3, 0.4) is 0 Å². The largest absolute Gasteiger partial charge is 0.508 e. The van der Waals surface area contributed by atoms with Crippen molar-refractivity contribution in [1.29, 1.82) is 0 Å². The van der Waals surface area contributed by atoms with Gasteiger partial charge in [0.05, 0.1) is 24.4 Å². The maximum atomic E-state index is 12.7. The van der Waals surface area contributed by atoms with Crippen LogP contribution in [-0.4, -0.2) is 46.7 Å². The van der Waals surface area contributed by atoms with Crippen molar-refractivity contribution in [3.05, 3.63) is 64.8 Å². The summed E-state index contributed by atoms with van der Waals surface area (Å²) in [5, 5.41) is 19.9. The Morgan fingerprint density at radius 2 is 1.97 bits per heavy atom. The predicted molar refractivity (Wildman–Crippen MR) is 105 cm³/mol. The lowest BCUT2D eigenvalue weighted by molar-refractivity contribution is -0.144. The van der Waals surface area contributed by atoms with E-state index in [0.29, 0.717) is 16.7 Å². The van der Waals surface area contributed by atoms with Crippen LogP contribution in [0.25, 0.3) is 0 Å². The summed E-state index contributed by atoms with van der Waals surface area (Å²) in [6, 6.07) is 6.22. The van der Waals surface area contributed by atoms with Crippen LogP contribution < -0.4 is 0 Å². The summed E-state index contributed by atoms with van der Waals surface area (Å²) in [5.41, 5.74) is 2.65. The van der Waals surface area contributed by atoms with Crippen molar-refractivity contribution in [1.82, 2.24) is 0 Å². The number of hydrogen-bond donors (Lipinski definition) is 2. The first kappa shape index (κ1) is 20.1. The summed E-state index contributed by atoms with van der Waals surface area (Å²) in [6.45, 7) is 5.42. The SMILES string of the molecule is C=C1C(=O)O[C@@H]2[C@@H]3C(COC(=O)Cc4ccc(O)cc4)=CC(=O)C3=C(C)C[C@H](O)[C@@H]12. The van der Waals surface area contributed by atoms with Crippen molar-refractivity contribution in [2.45, 2.75) is 32.0 Å². The van der Waals surface area contributed by atoms with E-state index < -0.39 is 36.0 Å². The number of allylic oxidation sites excluding steroid dienone is 1. The van der Waals surface area contributed by atoms with Gasteiger partial charge < -0.3 is 19.7 Å². The predicted octanol–water partition coefficient (Wildman–Crippen LogP) is 1.78. The molecule has 0 radical (unpaired) electrons. The van der Waals surface area contributed by atoms with E-state index in [4.69, 9.17) is 9.47 Å². The number of hydrogen-bond acceptors (Lipinski definition) is 7. The minimum Gasteiger partial charge on any atom is -0.508 e. The second kappa shape index (κ2) is 7.57. The molecule has 0 unspecified atom stereocenters. The van der Waals surface area contributed by atoms with Gasteiger partial charge in [0, 0.05) is 11.1 Å². The Kier molecular flexibility index (Phi) is 5.07. The molecule has 1 aromatic carbocycles. The number of ketones is 1. The van der Waals surface area contributed by atoms with Gasteiger partial charge in [0.1, 0.15) is 18.5 Å². The number of phenolic OH excluding ortho intramolecular Hbond substituents is 1. The van der Waals surface area contributed by atoms with E-state index in [1.54, 1.807) is 19.1 Å². The summed E-state index contributed by atoms with van der Waals surface area (Å²) in [6.07, 6.45) is 0.0702. The Morgan fingerprint density at radius 1 is 1.27 bits per heavy atom. The van der Waals surface area contributed by atoms with Gasteiger partial charge in [-0.05, 0) is 42.7 Å². The fraction of sp³-hybridized carbons (Fsp3) is 0.348. The second-order valence-electron chi connectivity index (χ2n) is 7.95. The molecular weight excluding hydrogens is 388 g/mol. The molecule has 0 aromatic heterocycles. The molecule has 4 atom stereocenters. The highest BCUT2D eigenvalue weighted by atomic mass is 16.6. The molecule has 4 rings (SSSR count). The first-order valence-corrected chi connectivity index (χ1v) is 9.72. The fourth-order valence-corrected chi connectivity index (χ4v) is 4.54. The van der Waals surface area contributed by atoms with Gasteiger partial charge in [-0.2, -0.15) is 0 Å². The number of aliphatic hydroxyl groups is 1. The lowest BCUT2D eigenvalue weighted by atomic mass is 9.82. The number of carbonyl (C=O) groups excluding carboxylic acids is 3. The van der Waals surface area contributed by atoms with Gasteiger partial charge in [-0.25, -0.2) is 4.79 Å². The number of rotatable bonds is 4. The number of aromatic hydroxyl groups is 1. The van der Waals surface area contributed by atoms with E-state index in [9.17, 15) is 24.6 Å². The normalized spacial score (nSPS) is 27.9. The van der Waals surface area contributed by atoms with Crippen molar-refractivity contribution in [2.24, 2.45) is 11.8 Å². The number of carbonyl (C=O) groups is 3. The van der Waals surface area contributed by atoms with Crippen molar-refractivity contribution in [3.63, 3.8) is 0 Å². The first-order valence-electron chi connectivity index (χ1n) is 9.72. The summed E-state index contributed by atoms with van der Waals surface area (Å²) >= 11 is 0. The third-order valence-corrected chi connectivity index (χ3v) is 5.96.